The van der Waals surface area contributed by atoms with Gasteiger partial charge in [0.1, 0.15) is 0 Å². The molecule has 3 heterocycles. The van der Waals surface area contributed by atoms with Gasteiger partial charge in [-0.1, -0.05) is 23.7 Å². The molecule has 0 spiro atoms. The number of amides is 1. The van der Waals surface area contributed by atoms with Gasteiger partial charge in [-0.25, -0.2) is 4.68 Å². The number of aromatic nitrogens is 4. The fraction of sp³-hybridized carbons (Fsp3) is 0.333. The predicted octanol–water partition coefficient (Wildman–Crippen LogP) is 2.82. The first-order valence-corrected chi connectivity index (χ1v) is 10.0. The van der Waals surface area contributed by atoms with Gasteiger partial charge in [-0.05, 0) is 49.7 Å². The molecule has 0 atom stereocenters. The Hall–Kier alpha value is -2.93. The Balaban J connectivity index is 1.35. The SMILES string of the molecule is Cc1cc(C)n(-c2ccc(N3CCN(C(=O)Cc4ccc(Cl)cc4)CC3)nn2)n1. The molecular weight excluding hydrogens is 388 g/mol. The molecule has 3 aromatic rings. The first kappa shape index (κ1) is 19.4. The van der Waals surface area contributed by atoms with Crippen molar-refractivity contribution in [3.05, 3.63) is 64.4 Å². The van der Waals surface area contributed by atoms with Crippen LogP contribution in [0.25, 0.3) is 5.82 Å². The maximum Gasteiger partial charge on any atom is 0.227 e. The van der Waals surface area contributed by atoms with Gasteiger partial charge in [0, 0.05) is 36.9 Å². The molecule has 0 saturated carbocycles. The monoisotopic (exact) mass is 410 g/mol. The molecule has 4 rings (SSSR count). The lowest BCUT2D eigenvalue weighted by Crippen LogP contribution is -2.49. The van der Waals surface area contributed by atoms with Gasteiger partial charge in [-0.3, -0.25) is 4.79 Å². The maximum atomic E-state index is 12.6. The summed E-state index contributed by atoms with van der Waals surface area (Å²) in [6.07, 6.45) is 0.397. The van der Waals surface area contributed by atoms with Gasteiger partial charge in [0.05, 0.1) is 12.1 Å². The Labute approximate surface area is 174 Å². The van der Waals surface area contributed by atoms with E-state index in [2.05, 4.69) is 20.2 Å². The van der Waals surface area contributed by atoms with Crippen LogP contribution in [0.2, 0.25) is 5.02 Å². The van der Waals surface area contributed by atoms with Gasteiger partial charge in [-0.15, -0.1) is 10.2 Å². The second-order valence-corrected chi connectivity index (χ2v) is 7.70. The number of halogens is 1. The highest BCUT2D eigenvalue weighted by Crippen LogP contribution is 2.16. The van der Waals surface area contributed by atoms with Gasteiger partial charge >= 0.3 is 0 Å². The summed E-state index contributed by atoms with van der Waals surface area (Å²) in [7, 11) is 0. The van der Waals surface area contributed by atoms with E-state index >= 15 is 0 Å². The van der Waals surface area contributed by atoms with Gasteiger partial charge in [0.15, 0.2) is 11.6 Å². The molecule has 150 valence electrons. The maximum absolute atomic E-state index is 12.6. The third-order valence-corrected chi connectivity index (χ3v) is 5.34. The molecule has 1 fully saturated rings. The van der Waals surface area contributed by atoms with Crippen LogP contribution in [0.15, 0.2) is 42.5 Å². The van der Waals surface area contributed by atoms with Crippen molar-refractivity contribution >= 4 is 23.3 Å². The zero-order valence-electron chi connectivity index (χ0n) is 16.5. The van der Waals surface area contributed by atoms with E-state index < -0.39 is 0 Å². The zero-order valence-corrected chi connectivity index (χ0v) is 17.3. The highest BCUT2D eigenvalue weighted by molar-refractivity contribution is 6.30. The lowest BCUT2D eigenvalue weighted by atomic mass is 10.1. The number of carbonyl (C=O) groups is 1. The number of rotatable bonds is 4. The first-order chi connectivity index (χ1) is 14.0. The summed E-state index contributed by atoms with van der Waals surface area (Å²) in [6, 6.07) is 13.3. The van der Waals surface area contributed by atoms with E-state index in [1.807, 2.05) is 61.2 Å². The molecule has 29 heavy (non-hydrogen) atoms. The molecule has 1 aliphatic rings. The Bertz CT molecular complexity index is 991. The number of benzene rings is 1. The van der Waals surface area contributed by atoms with Crippen LogP contribution in [-0.4, -0.2) is 57.0 Å². The number of anilines is 1. The van der Waals surface area contributed by atoms with E-state index in [9.17, 15) is 4.79 Å². The molecule has 1 aliphatic heterocycles. The molecule has 0 aliphatic carbocycles. The van der Waals surface area contributed by atoms with E-state index in [-0.39, 0.29) is 5.91 Å². The molecule has 0 unspecified atom stereocenters. The van der Waals surface area contributed by atoms with E-state index in [4.69, 9.17) is 11.6 Å². The van der Waals surface area contributed by atoms with Crippen molar-refractivity contribution in [3.8, 4) is 5.82 Å². The molecule has 0 bridgehead atoms. The van der Waals surface area contributed by atoms with Crippen molar-refractivity contribution in [3.63, 3.8) is 0 Å². The quantitative estimate of drug-likeness (QED) is 0.661. The Morgan fingerprint density at radius 2 is 1.62 bits per heavy atom. The standard InChI is InChI=1S/C21H23ClN6O/c1-15-13-16(2)28(25-15)20-8-7-19(23-24-20)26-9-11-27(12-10-26)21(29)14-17-3-5-18(22)6-4-17/h3-8,13H,9-12,14H2,1-2H3. The highest BCUT2D eigenvalue weighted by atomic mass is 35.5. The Morgan fingerprint density at radius 3 is 2.21 bits per heavy atom. The van der Waals surface area contributed by atoms with E-state index in [1.54, 1.807) is 4.68 Å². The number of piperazine rings is 1. The van der Waals surface area contributed by atoms with Crippen molar-refractivity contribution in [2.24, 2.45) is 0 Å². The second-order valence-electron chi connectivity index (χ2n) is 7.26. The van der Waals surface area contributed by atoms with Gasteiger partial charge in [-0.2, -0.15) is 5.10 Å². The number of aryl methyl sites for hydroxylation is 2. The van der Waals surface area contributed by atoms with Crippen LogP contribution in [0.3, 0.4) is 0 Å². The van der Waals surface area contributed by atoms with Crippen molar-refractivity contribution in [1.82, 2.24) is 24.9 Å². The summed E-state index contributed by atoms with van der Waals surface area (Å²) in [5, 5.41) is 13.8. The molecule has 1 saturated heterocycles. The number of carbonyl (C=O) groups excluding carboxylic acids is 1. The smallest absolute Gasteiger partial charge is 0.227 e. The van der Waals surface area contributed by atoms with Gasteiger partial charge < -0.3 is 9.80 Å². The molecule has 0 radical (unpaired) electrons. The average molecular weight is 411 g/mol. The molecule has 0 N–H and O–H groups in total. The topological polar surface area (TPSA) is 67.2 Å². The summed E-state index contributed by atoms with van der Waals surface area (Å²) < 4.78 is 1.79. The Morgan fingerprint density at radius 1 is 0.966 bits per heavy atom. The second kappa shape index (κ2) is 8.21. The fourth-order valence-electron chi connectivity index (χ4n) is 3.53. The summed E-state index contributed by atoms with van der Waals surface area (Å²) in [6.45, 7) is 6.77. The molecular formula is C21H23ClN6O. The Kier molecular flexibility index (Phi) is 5.49. The van der Waals surface area contributed by atoms with E-state index in [0.717, 1.165) is 35.9 Å². The number of hydrogen-bond donors (Lipinski definition) is 0. The van der Waals surface area contributed by atoms with Crippen LogP contribution in [0.1, 0.15) is 17.0 Å². The van der Waals surface area contributed by atoms with Crippen molar-refractivity contribution in [2.45, 2.75) is 20.3 Å². The van der Waals surface area contributed by atoms with Crippen LogP contribution in [0.4, 0.5) is 5.82 Å². The van der Waals surface area contributed by atoms with Crippen LogP contribution < -0.4 is 4.90 Å². The zero-order chi connectivity index (χ0) is 20.4. The van der Waals surface area contributed by atoms with E-state index in [1.165, 1.54) is 0 Å². The normalized spacial score (nSPS) is 14.3. The van der Waals surface area contributed by atoms with Crippen molar-refractivity contribution in [2.75, 3.05) is 31.1 Å². The molecule has 1 aromatic carbocycles. The van der Waals surface area contributed by atoms with Crippen molar-refractivity contribution < 1.29 is 4.79 Å². The third kappa shape index (κ3) is 4.40. The van der Waals surface area contributed by atoms with Crippen LogP contribution >= 0.6 is 11.6 Å². The number of hydrogen-bond acceptors (Lipinski definition) is 5. The van der Waals surface area contributed by atoms with Gasteiger partial charge in [0.2, 0.25) is 5.91 Å². The summed E-state index contributed by atoms with van der Waals surface area (Å²) in [5.41, 5.74) is 2.96. The van der Waals surface area contributed by atoms with Crippen LogP contribution in [-0.2, 0) is 11.2 Å². The van der Waals surface area contributed by atoms with Crippen LogP contribution in [0.5, 0.6) is 0 Å². The lowest BCUT2D eigenvalue weighted by Gasteiger charge is -2.35. The molecule has 8 heteroatoms. The minimum Gasteiger partial charge on any atom is -0.352 e. The van der Waals surface area contributed by atoms with Crippen molar-refractivity contribution in [1.29, 1.82) is 0 Å². The summed E-state index contributed by atoms with van der Waals surface area (Å²) >= 11 is 5.91. The minimum absolute atomic E-state index is 0.137. The molecule has 2 aromatic heterocycles. The van der Waals surface area contributed by atoms with Gasteiger partial charge in [0.25, 0.3) is 0 Å². The average Bonchev–Trinajstić information content (AvgIpc) is 3.08. The fourth-order valence-corrected chi connectivity index (χ4v) is 3.66. The minimum atomic E-state index is 0.137. The third-order valence-electron chi connectivity index (χ3n) is 5.09. The predicted molar refractivity (Wildman–Crippen MR) is 113 cm³/mol. The lowest BCUT2D eigenvalue weighted by molar-refractivity contribution is -0.130. The molecule has 1 amide bonds. The molecule has 7 nitrogen and oxygen atoms in total. The first-order valence-electron chi connectivity index (χ1n) is 9.64. The highest BCUT2D eigenvalue weighted by Gasteiger charge is 2.22. The van der Waals surface area contributed by atoms with Crippen LogP contribution in [0, 0.1) is 13.8 Å². The summed E-state index contributed by atoms with van der Waals surface area (Å²) in [4.78, 5) is 16.6. The van der Waals surface area contributed by atoms with E-state index in [0.29, 0.717) is 30.4 Å². The number of nitrogens with zero attached hydrogens (tertiary/aromatic N) is 6. The summed E-state index contributed by atoms with van der Waals surface area (Å²) in [5.74, 6) is 1.66. The largest absolute Gasteiger partial charge is 0.352 e.